The van der Waals surface area contributed by atoms with Gasteiger partial charge in [0.05, 0.1) is 5.54 Å². The van der Waals surface area contributed by atoms with Crippen LogP contribution in [0.25, 0.3) is 0 Å². The van der Waals surface area contributed by atoms with Gasteiger partial charge in [0, 0.05) is 11.1 Å². The van der Waals surface area contributed by atoms with Crippen molar-refractivity contribution >= 4 is 17.5 Å². The minimum atomic E-state index is -0.629. The van der Waals surface area contributed by atoms with Crippen LogP contribution in [0.5, 0.6) is 0 Å². The lowest BCUT2D eigenvalue weighted by Gasteiger charge is -2.40. The fourth-order valence-electron chi connectivity index (χ4n) is 2.32. The van der Waals surface area contributed by atoms with Gasteiger partial charge in [0.1, 0.15) is 0 Å². The van der Waals surface area contributed by atoms with E-state index in [1.807, 2.05) is 26.0 Å². The van der Waals surface area contributed by atoms with Gasteiger partial charge in [-0.3, -0.25) is 4.79 Å². The van der Waals surface area contributed by atoms with Gasteiger partial charge < -0.3 is 11.1 Å². The van der Waals surface area contributed by atoms with Crippen LogP contribution in [-0.4, -0.2) is 17.5 Å². The van der Waals surface area contributed by atoms with Crippen molar-refractivity contribution in [2.45, 2.75) is 44.2 Å². The van der Waals surface area contributed by atoms with Gasteiger partial charge >= 0.3 is 0 Å². The summed E-state index contributed by atoms with van der Waals surface area (Å²) in [5.74, 6) is 0.251. The zero-order chi connectivity index (χ0) is 13.3. The van der Waals surface area contributed by atoms with Crippen LogP contribution in [-0.2, 0) is 4.79 Å². The summed E-state index contributed by atoms with van der Waals surface area (Å²) in [6.45, 7) is 3.65. The van der Waals surface area contributed by atoms with E-state index < -0.39 is 5.54 Å². The van der Waals surface area contributed by atoms with E-state index in [4.69, 9.17) is 17.3 Å². The molecule has 1 fully saturated rings. The number of amides is 1. The Bertz CT molecular complexity index is 436. The lowest BCUT2D eigenvalue weighted by Crippen LogP contribution is -2.57. The second-order valence-electron chi connectivity index (χ2n) is 5.55. The fourth-order valence-corrected chi connectivity index (χ4v) is 2.45. The number of carbonyl (C=O) groups is 1. The second-order valence-corrected chi connectivity index (χ2v) is 5.99. The van der Waals surface area contributed by atoms with Crippen molar-refractivity contribution in [2.75, 3.05) is 0 Å². The molecule has 2 rings (SSSR count). The Morgan fingerprint density at radius 3 is 2.39 bits per heavy atom. The normalized spacial score (nSPS) is 23.5. The van der Waals surface area contributed by atoms with Crippen LogP contribution in [0.4, 0.5) is 0 Å². The van der Waals surface area contributed by atoms with Crippen LogP contribution in [0, 0.1) is 0 Å². The van der Waals surface area contributed by atoms with Crippen LogP contribution in [0.2, 0.25) is 5.02 Å². The van der Waals surface area contributed by atoms with E-state index in [1.165, 1.54) is 5.56 Å². The van der Waals surface area contributed by atoms with E-state index in [1.54, 1.807) is 0 Å². The average Bonchev–Trinajstić information content (AvgIpc) is 2.24. The number of rotatable bonds is 4. The van der Waals surface area contributed by atoms with E-state index in [0.29, 0.717) is 12.0 Å². The lowest BCUT2D eigenvalue weighted by molar-refractivity contribution is -0.123. The molecule has 18 heavy (non-hydrogen) atoms. The van der Waals surface area contributed by atoms with Gasteiger partial charge in [-0.05, 0) is 50.3 Å². The van der Waals surface area contributed by atoms with Gasteiger partial charge in [0.2, 0.25) is 5.91 Å². The first-order valence-corrected chi connectivity index (χ1v) is 6.59. The van der Waals surface area contributed by atoms with Gasteiger partial charge in [-0.2, -0.15) is 0 Å². The van der Waals surface area contributed by atoms with Gasteiger partial charge in [0.25, 0.3) is 0 Å². The number of nitrogens with one attached hydrogen (secondary N) is 1. The third-order valence-corrected chi connectivity index (χ3v) is 3.91. The number of carbonyl (C=O) groups excluding carboxylic acids is 1. The SMILES string of the molecule is CC(C)(NC1CC(c2ccc(Cl)cc2)C1)C(N)=O. The van der Waals surface area contributed by atoms with Crippen molar-refractivity contribution in [1.82, 2.24) is 5.32 Å². The number of primary amides is 1. The molecule has 0 aromatic heterocycles. The van der Waals surface area contributed by atoms with Crippen molar-refractivity contribution in [3.63, 3.8) is 0 Å². The Hall–Kier alpha value is -1.06. The topological polar surface area (TPSA) is 55.1 Å². The van der Waals surface area contributed by atoms with Crippen molar-refractivity contribution < 1.29 is 4.79 Å². The largest absolute Gasteiger partial charge is 0.368 e. The minimum absolute atomic E-state index is 0.308. The molecule has 0 saturated heterocycles. The van der Waals surface area contributed by atoms with Crippen LogP contribution < -0.4 is 11.1 Å². The minimum Gasteiger partial charge on any atom is -0.368 e. The first-order chi connectivity index (χ1) is 8.38. The smallest absolute Gasteiger partial charge is 0.237 e. The van der Waals surface area contributed by atoms with Crippen molar-refractivity contribution in [1.29, 1.82) is 0 Å². The predicted molar refractivity (Wildman–Crippen MR) is 73.6 cm³/mol. The van der Waals surface area contributed by atoms with E-state index in [9.17, 15) is 4.79 Å². The molecule has 0 atom stereocenters. The maximum atomic E-state index is 11.2. The van der Waals surface area contributed by atoms with Crippen LogP contribution in [0.1, 0.15) is 38.2 Å². The summed E-state index contributed by atoms with van der Waals surface area (Å²) in [6.07, 6.45) is 2.08. The highest BCUT2D eigenvalue weighted by Crippen LogP contribution is 2.37. The molecule has 0 bridgehead atoms. The molecule has 1 aliphatic carbocycles. The monoisotopic (exact) mass is 266 g/mol. The molecular weight excluding hydrogens is 248 g/mol. The van der Waals surface area contributed by atoms with Crippen LogP contribution in [0.3, 0.4) is 0 Å². The van der Waals surface area contributed by atoms with Crippen molar-refractivity contribution in [3.05, 3.63) is 34.9 Å². The zero-order valence-electron chi connectivity index (χ0n) is 10.7. The molecule has 4 heteroatoms. The number of nitrogens with two attached hydrogens (primary N) is 1. The van der Waals surface area contributed by atoms with E-state index in [0.717, 1.165) is 17.9 Å². The third-order valence-electron chi connectivity index (χ3n) is 3.66. The van der Waals surface area contributed by atoms with Gasteiger partial charge in [-0.25, -0.2) is 0 Å². The van der Waals surface area contributed by atoms with E-state index in [-0.39, 0.29) is 5.91 Å². The number of benzene rings is 1. The maximum absolute atomic E-state index is 11.2. The molecule has 1 aromatic carbocycles. The third kappa shape index (κ3) is 2.85. The molecular formula is C14H19ClN2O. The molecule has 98 valence electrons. The van der Waals surface area contributed by atoms with Gasteiger partial charge in [0.15, 0.2) is 0 Å². The quantitative estimate of drug-likeness (QED) is 0.880. The Morgan fingerprint density at radius 2 is 1.89 bits per heavy atom. The lowest BCUT2D eigenvalue weighted by atomic mass is 9.75. The van der Waals surface area contributed by atoms with E-state index >= 15 is 0 Å². The summed E-state index contributed by atoms with van der Waals surface area (Å²) >= 11 is 5.86. The van der Waals surface area contributed by atoms with Gasteiger partial charge in [-0.15, -0.1) is 0 Å². The highest BCUT2D eigenvalue weighted by molar-refractivity contribution is 6.30. The summed E-state index contributed by atoms with van der Waals surface area (Å²) < 4.78 is 0. The molecule has 0 heterocycles. The van der Waals surface area contributed by atoms with Crippen molar-refractivity contribution in [3.8, 4) is 0 Å². The first kappa shape index (κ1) is 13.4. The Morgan fingerprint density at radius 1 is 1.33 bits per heavy atom. The van der Waals surface area contributed by atoms with Crippen LogP contribution in [0.15, 0.2) is 24.3 Å². The summed E-state index contributed by atoms with van der Waals surface area (Å²) in [4.78, 5) is 11.2. The molecule has 3 nitrogen and oxygen atoms in total. The molecule has 1 aromatic rings. The van der Waals surface area contributed by atoms with E-state index in [2.05, 4.69) is 17.4 Å². The summed E-state index contributed by atoms with van der Waals surface area (Å²) in [5.41, 5.74) is 6.03. The Kier molecular flexibility index (Phi) is 3.64. The zero-order valence-corrected chi connectivity index (χ0v) is 11.5. The highest BCUT2D eigenvalue weighted by Gasteiger charge is 2.35. The molecule has 1 aliphatic rings. The molecule has 0 spiro atoms. The molecule has 0 aliphatic heterocycles. The number of halogens is 1. The molecule has 0 radical (unpaired) electrons. The second kappa shape index (κ2) is 4.90. The average molecular weight is 267 g/mol. The first-order valence-electron chi connectivity index (χ1n) is 6.21. The summed E-state index contributed by atoms with van der Waals surface area (Å²) in [6, 6.07) is 8.36. The fraction of sp³-hybridized carbons (Fsp3) is 0.500. The summed E-state index contributed by atoms with van der Waals surface area (Å²) in [5, 5.41) is 4.07. The molecule has 1 amide bonds. The maximum Gasteiger partial charge on any atom is 0.237 e. The molecule has 3 N–H and O–H groups in total. The Labute approximate surface area is 113 Å². The Balaban J connectivity index is 1.87. The predicted octanol–water partition coefficient (Wildman–Crippen LogP) is 2.44. The standard InChI is InChI=1S/C14H19ClN2O/c1-14(2,13(16)18)17-12-7-10(8-12)9-3-5-11(15)6-4-9/h3-6,10,12,17H,7-8H2,1-2H3,(H2,16,18). The van der Waals surface area contributed by atoms with Gasteiger partial charge in [-0.1, -0.05) is 23.7 Å². The number of hydrogen-bond donors (Lipinski definition) is 2. The molecule has 1 saturated carbocycles. The highest BCUT2D eigenvalue weighted by atomic mass is 35.5. The molecule has 0 unspecified atom stereocenters. The van der Waals surface area contributed by atoms with Crippen molar-refractivity contribution in [2.24, 2.45) is 5.73 Å². The summed E-state index contributed by atoms with van der Waals surface area (Å²) in [7, 11) is 0. The number of hydrogen-bond acceptors (Lipinski definition) is 2. The van der Waals surface area contributed by atoms with Crippen LogP contribution >= 0.6 is 11.6 Å².